The van der Waals surface area contributed by atoms with Crippen LogP contribution < -0.4 is 11.5 Å². The van der Waals surface area contributed by atoms with Gasteiger partial charge in [-0.1, -0.05) is 0 Å². The number of hydrogen-bond donors (Lipinski definition) is 3. The number of carbonyl (C=O) groups is 2. The summed E-state index contributed by atoms with van der Waals surface area (Å²) in [5.74, 6) is -1.90. The minimum absolute atomic E-state index is 0.282. The minimum Gasteiger partial charge on any atom is -0.480 e. The van der Waals surface area contributed by atoms with Gasteiger partial charge in [0, 0.05) is 0 Å². The van der Waals surface area contributed by atoms with E-state index in [-0.39, 0.29) is 13.2 Å². The highest BCUT2D eigenvalue weighted by atomic mass is 16.5. The molecule has 12 heavy (non-hydrogen) atoms. The van der Waals surface area contributed by atoms with E-state index in [1.165, 1.54) is 6.92 Å². The van der Waals surface area contributed by atoms with Gasteiger partial charge in [0.05, 0.1) is 6.54 Å². The molecule has 0 spiro atoms. The Morgan fingerprint density at radius 1 is 1.58 bits per heavy atom. The molecule has 0 aromatic heterocycles. The van der Waals surface area contributed by atoms with Crippen molar-refractivity contribution in [1.82, 2.24) is 0 Å². The van der Waals surface area contributed by atoms with Crippen molar-refractivity contribution >= 4 is 11.9 Å². The molecule has 0 aromatic carbocycles. The molecule has 0 aliphatic rings. The van der Waals surface area contributed by atoms with E-state index in [2.05, 4.69) is 4.74 Å². The summed E-state index contributed by atoms with van der Waals surface area (Å²) < 4.78 is 4.45. The quantitative estimate of drug-likeness (QED) is 0.439. The van der Waals surface area contributed by atoms with Gasteiger partial charge >= 0.3 is 11.9 Å². The first-order valence-electron chi connectivity index (χ1n) is 3.28. The maximum absolute atomic E-state index is 10.5. The van der Waals surface area contributed by atoms with Crippen LogP contribution in [0.2, 0.25) is 0 Å². The highest BCUT2D eigenvalue weighted by molar-refractivity contribution is 5.79. The van der Waals surface area contributed by atoms with Crippen LogP contribution in [0.3, 0.4) is 0 Å². The summed E-state index contributed by atoms with van der Waals surface area (Å²) in [6, 6.07) is 0. The molecule has 0 aromatic rings. The van der Waals surface area contributed by atoms with E-state index in [4.69, 9.17) is 16.6 Å². The van der Waals surface area contributed by atoms with Gasteiger partial charge in [-0.05, 0) is 6.92 Å². The molecule has 0 bridgehead atoms. The van der Waals surface area contributed by atoms with E-state index in [9.17, 15) is 9.59 Å². The van der Waals surface area contributed by atoms with Gasteiger partial charge in [0.25, 0.3) is 0 Å². The second-order valence-electron chi connectivity index (χ2n) is 2.59. The zero-order chi connectivity index (χ0) is 9.78. The Morgan fingerprint density at radius 2 is 2.08 bits per heavy atom. The van der Waals surface area contributed by atoms with Crippen LogP contribution in [0.4, 0.5) is 0 Å². The summed E-state index contributed by atoms with van der Waals surface area (Å²) in [6.45, 7) is 0.590. The van der Waals surface area contributed by atoms with Crippen LogP contribution in [0.15, 0.2) is 0 Å². The number of carboxylic acids is 1. The van der Waals surface area contributed by atoms with Crippen molar-refractivity contribution < 1.29 is 19.4 Å². The molecule has 0 radical (unpaired) electrons. The zero-order valence-electron chi connectivity index (χ0n) is 6.74. The fourth-order valence-electron chi connectivity index (χ4n) is 0.351. The average molecular weight is 176 g/mol. The molecule has 70 valence electrons. The average Bonchev–Trinajstić information content (AvgIpc) is 2.00. The molecule has 6 heteroatoms. The first-order valence-corrected chi connectivity index (χ1v) is 3.28. The Kier molecular flexibility index (Phi) is 3.65. The van der Waals surface area contributed by atoms with Crippen LogP contribution in [0.1, 0.15) is 6.92 Å². The molecule has 0 saturated heterocycles. The second kappa shape index (κ2) is 4.03. The van der Waals surface area contributed by atoms with Gasteiger partial charge in [-0.2, -0.15) is 0 Å². The Bertz CT molecular complexity index is 190. The Balaban J connectivity index is 3.92. The van der Waals surface area contributed by atoms with Gasteiger partial charge < -0.3 is 21.3 Å². The van der Waals surface area contributed by atoms with Gasteiger partial charge in [0.2, 0.25) is 0 Å². The van der Waals surface area contributed by atoms with Gasteiger partial charge in [-0.15, -0.1) is 0 Å². The molecule has 0 aliphatic carbocycles. The molecular formula is C6H12N2O4. The standard InChI is InChI=1S/C6H12N2O4/c1-6(8,5(10)11)3-12-4(9)2-7/h2-3,7-8H2,1H3,(H,10,11). The first-order chi connectivity index (χ1) is 5.40. The predicted octanol–water partition coefficient (Wildman–Crippen LogP) is -1.71. The fourth-order valence-corrected chi connectivity index (χ4v) is 0.351. The molecule has 0 fully saturated rings. The molecule has 0 aliphatic heterocycles. The number of aliphatic carboxylic acids is 1. The van der Waals surface area contributed by atoms with Crippen LogP contribution >= 0.6 is 0 Å². The second-order valence-corrected chi connectivity index (χ2v) is 2.59. The lowest BCUT2D eigenvalue weighted by Gasteiger charge is -2.18. The molecule has 0 rings (SSSR count). The van der Waals surface area contributed by atoms with E-state index in [0.29, 0.717) is 0 Å². The SMILES string of the molecule is CC(N)(COC(=O)CN)C(=O)O. The number of ether oxygens (including phenoxy) is 1. The number of esters is 1. The molecule has 0 saturated carbocycles. The highest BCUT2D eigenvalue weighted by Crippen LogP contribution is 1.99. The third-order valence-corrected chi connectivity index (χ3v) is 1.19. The number of nitrogens with two attached hydrogens (primary N) is 2. The molecule has 6 nitrogen and oxygen atoms in total. The normalized spacial score (nSPS) is 14.9. The Labute approximate surface area is 69.5 Å². The lowest BCUT2D eigenvalue weighted by molar-refractivity contribution is -0.151. The summed E-state index contributed by atoms with van der Waals surface area (Å²) in [5.41, 5.74) is 8.61. The lowest BCUT2D eigenvalue weighted by Crippen LogP contribution is -2.49. The van der Waals surface area contributed by atoms with Crippen LogP contribution in [-0.2, 0) is 14.3 Å². The van der Waals surface area contributed by atoms with E-state index < -0.39 is 17.5 Å². The molecule has 0 amide bonds. The van der Waals surface area contributed by atoms with Gasteiger partial charge in [-0.25, -0.2) is 0 Å². The molecular weight excluding hydrogens is 164 g/mol. The van der Waals surface area contributed by atoms with Crippen molar-refractivity contribution in [2.24, 2.45) is 11.5 Å². The number of carbonyl (C=O) groups excluding carboxylic acids is 1. The highest BCUT2D eigenvalue weighted by Gasteiger charge is 2.29. The van der Waals surface area contributed by atoms with Crippen molar-refractivity contribution in [3.8, 4) is 0 Å². The van der Waals surface area contributed by atoms with E-state index in [0.717, 1.165) is 0 Å². The van der Waals surface area contributed by atoms with Crippen molar-refractivity contribution in [2.75, 3.05) is 13.2 Å². The summed E-state index contributed by atoms with van der Waals surface area (Å²) >= 11 is 0. The zero-order valence-corrected chi connectivity index (χ0v) is 6.74. The topological polar surface area (TPSA) is 116 Å². The van der Waals surface area contributed by atoms with E-state index in [1.54, 1.807) is 0 Å². The summed E-state index contributed by atoms with van der Waals surface area (Å²) in [4.78, 5) is 20.9. The van der Waals surface area contributed by atoms with Crippen molar-refractivity contribution in [1.29, 1.82) is 0 Å². The maximum atomic E-state index is 10.5. The number of rotatable bonds is 4. The largest absolute Gasteiger partial charge is 0.480 e. The summed E-state index contributed by atoms with van der Waals surface area (Å²) in [6.07, 6.45) is 0. The maximum Gasteiger partial charge on any atom is 0.326 e. The van der Waals surface area contributed by atoms with E-state index in [1.807, 2.05) is 0 Å². The van der Waals surface area contributed by atoms with Crippen LogP contribution in [0.25, 0.3) is 0 Å². The molecule has 0 heterocycles. The van der Waals surface area contributed by atoms with E-state index >= 15 is 0 Å². The fraction of sp³-hybridized carbons (Fsp3) is 0.667. The Hall–Kier alpha value is -1.14. The number of hydrogen-bond acceptors (Lipinski definition) is 5. The summed E-state index contributed by atoms with van der Waals surface area (Å²) in [5, 5.41) is 8.48. The molecule has 1 atom stereocenters. The third kappa shape index (κ3) is 3.31. The molecule has 1 unspecified atom stereocenters. The van der Waals surface area contributed by atoms with Crippen molar-refractivity contribution in [2.45, 2.75) is 12.5 Å². The van der Waals surface area contributed by atoms with Crippen LogP contribution in [0, 0.1) is 0 Å². The summed E-state index contributed by atoms with van der Waals surface area (Å²) in [7, 11) is 0. The monoisotopic (exact) mass is 176 g/mol. The van der Waals surface area contributed by atoms with Crippen LogP contribution in [-0.4, -0.2) is 35.7 Å². The smallest absolute Gasteiger partial charge is 0.326 e. The van der Waals surface area contributed by atoms with Crippen LogP contribution in [0.5, 0.6) is 0 Å². The third-order valence-electron chi connectivity index (χ3n) is 1.19. The lowest BCUT2D eigenvalue weighted by atomic mass is 10.1. The predicted molar refractivity (Wildman–Crippen MR) is 40.2 cm³/mol. The molecule has 5 N–H and O–H groups in total. The van der Waals surface area contributed by atoms with Gasteiger partial charge in [0.15, 0.2) is 0 Å². The van der Waals surface area contributed by atoms with Gasteiger partial charge in [0.1, 0.15) is 12.1 Å². The van der Waals surface area contributed by atoms with Crippen molar-refractivity contribution in [3.63, 3.8) is 0 Å². The minimum atomic E-state index is -1.55. The van der Waals surface area contributed by atoms with Crippen molar-refractivity contribution in [3.05, 3.63) is 0 Å². The Morgan fingerprint density at radius 3 is 2.42 bits per heavy atom. The number of carboxylic acid groups (broad SMARTS) is 1. The first kappa shape index (κ1) is 10.9. The van der Waals surface area contributed by atoms with Gasteiger partial charge in [-0.3, -0.25) is 9.59 Å².